The van der Waals surface area contributed by atoms with Gasteiger partial charge < -0.3 is 5.73 Å². The second kappa shape index (κ2) is 5.30. The second-order valence-corrected chi connectivity index (χ2v) is 4.08. The number of amides is 1. The van der Waals surface area contributed by atoms with Crippen LogP contribution in [0.25, 0.3) is 0 Å². The van der Waals surface area contributed by atoms with E-state index in [0.717, 1.165) is 0 Å². The van der Waals surface area contributed by atoms with Crippen molar-refractivity contribution in [2.24, 2.45) is 5.73 Å². The molecule has 2 rings (SSSR count). The molecule has 2 N–H and O–H groups in total. The van der Waals surface area contributed by atoms with Gasteiger partial charge in [-0.2, -0.15) is 0 Å². The highest BCUT2D eigenvalue weighted by molar-refractivity contribution is 5.94. The van der Waals surface area contributed by atoms with Gasteiger partial charge in [-0.3, -0.25) is 14.9 Å². The van der Waals surface area contributed by atoms with Crippen molar-refractivity contribution >= 4 is 11.6 Å². The molecule has 0 spiro atoms. The molecular formula is C14H12N2O3. The fourth-order valence-electron chi connectivity index (χ4n) is 1.96. The summed E-state index contributed by atoms with van der Waals surface area (Å²) in [4.78, 5) is 21.8. The molecule has 0 atom stereocenters. The Balaban J connectivity index is 2.42. The molecule has 0 aliphatic rings. The normalized spacial score (nSPS) is 10.1. The number of primary amides is 1. The van der Waals surface area contributed by atoms with Crippen molar-refractivity contribution in [1.82, 2.24) is 0 Å². The van der Waals surface area contributed by atoms with E-state index in [2.05, 4.69) is 0 Å². The maximum atomic E-state index is 11.3. The van der Waals surface area contributed by atoms with Crippen LogP contribution in [0.5, 0.6) is 0 Å². The number of hydrogen-bond acceptors (Lipinski definition) is 3. The maximum absolute atomic E-state index is 11.3. The van der Waals surface area contributed by atoms with Gasteiger partial charge in [0.05, 0.1) is 4.92 Å². The number of nitro groups is 1. The molecule has 0 saturated heterocycles. The van der Waals surface area contributed by atoms with Crippen LogP contribution >= 0.6 is 0 Å². The van der Waals surface area contributed by atoms with Gasteiger partial charge in [-0.25, -0.2) is 0 Å². The van der Waals surface area contributed by atoms with Crippen LogP contribution in [-0.4, -0.2) is 10.8 Å². The Hall–Kier alpha value is -2.69. The number of benzene rings is 2. The Bertz CT molecular complexity index is 583. The van der Waals surface area contributed by atoms with Gasteiger partial charge in [-0.15, -0.1) is 0 Å². The average Bonchev–Trinajstić information content (AvgIpc) is 2.39. The van der Waals surface area contributed by atoms with Crippen LogP contribution in [0.3, 0.4) is 0 Å². The summed E-state index contributed by atoms with van der Waals surface area (Å²) in [6, 6.07) is 13.3. The lowest BCUT2D eigenvalue weighted by Gasteiger charge is -2.07. The van der Waals surface area contributed by atoms with Crippen LogP contribution in [0.2, 0.25) is 0 Å². The molecule has 5 nitrogen and oxygen atoms in total. The Labute approximate surface area is 109 Å². The number of nitrogens with zero attached hydrogens (tertiary/aromatic N) is 1. The van der Waals surface area contributed by atoms with Crippen molar-refractivity contribution in [2.75, 3.05) is 0 Å². The summed E-state index contributed by atoms with van der Waals surface area (Å²) in [5.74, 6) is -0.533. The molecule has 2 aromatic carbocycles. The summed E-state index contributed by atoms with van der Waals surface area (Å²) in [5.41, 5.74) is 6.97. The Kier molecular flexibility index (Phi) is 3.56. The number of carbonyl (C=O) groups excluding carboxylic acids is 1. The smallest absolute Gasteiger partial charge is 0.272 e. The van der Waals surface area contributed by atoms with Crippen LogP contribution in [-0.2, 0) is 6.42 Å². The molecule has 0 aliphatic carbocycles. The summed E-state index contributed by atoms with van der Waals surface area (Å²) in [7, 11) is 0. The minimum absolute atomic E-state index is 0.0433. The fraction of sp³-hybridized carbons (Fsp3) is 0.0714. The van der Waals surface area contributed by atoms with E-state index in [0.29, 0.717) is 23.1 Å². The molecule has 2 aromatic rings. The van der Waals surface area contributed by atoms with Gasteiger partial charge in [0.2, 0.25) is 5.91 Å². The molecule has 96 valence electrons. The van der Waals surface area contributed by atoms with Crippen molar-refractivity contribution in [3.8, 4) is 0 Å². The van der Waals surface area contributed by atoms with Crippen molar-refractivity contribution in [1.29, 1.82) is 0 Å². The molecule has 0 unspecified atom stereocenters. The molecule has 5 heteroatoms. The third-order valence-corrected chi connectivity index (χ3v) is 2.85. The first kappa shape index (κ1) is 12.8. The highest BCUT2D eigenvalue weighted by Gasteiger charge is 2.15. The first-order valence-corrected chi connectivity index (χ1v) is 5.69. The van der Waals surface area contributed by atoms with Gasteiger partial charge in [0, 0.05) is 23.6 Å². The second-order valence-electron chi connectivity index (χ2n) is 4.08. The van der Waals surface area contributed by atoms with Gasteiger partial charge in [0.25, 0.3) is 5.69 Å². The number of nitrogens with two attached hydrogens (primary N) is 1. The van der Waals surface area contributed by atoms with Gasteiger partial charge >= 0.3 is 0 Å². The lowest BCUT2D eigenvalue weighted by Crippen LogP contribution is -2.14. The number of para-hydroxylation sites is 1. The molecule has 0 bridgehead atoms. The number of rotatable bonds is 4. The van der Waals surface area contributed by atoms with E-state index in [-0.39, 0.29) is 5.69 Å². The molecule has 0 aromatic heterocycles. The van der Waals surface area contributed by atoms with Gasteiger partial charge in [-0.1, -0.05) is 36.4 Å². The number of hydrogen-bond donors (Lipinski definition) is 1. The molecule has 19 heavy (non-hydrogen) atoms. The summed E-state index contributed by atoms with van der Waals surface area (Å²) in [6.45, 7) is 0. The summed E-state index contributed by atoms with van der Waals surface area (Å²) >= 11 is 0. The van der Waals surface area contributed by atoms with E-state index in [1.807, 2.05) is 0 Å². The lowest BCUT2D eigenvalue weighted by molar-refractivity contribution is -0.385. The quantitative estimate of drug-likeness (QED) is 0.672. The Morgan fingerprint density at radius 2 is 1.63 bits per heavy atom. The molecular weight excluding hydrogens is 244 g/mol. The number of nitro benzene ring substituents is 1. The molecule has 0 saturated carbocycles. The van der Waals surface area contributed by atoms with Gasteiger partial charge in [0.1, 0.15) is 0 Å². The van der Waals surface area contributed by atoms with Crippen LogP contribution in [0, 0.1) is 10.1 Å². The predicted octanol–water partition coefficient (Wildman–Crippen LogP) is 2.28. The zero-order valence-corrected chi connectivity index (χ0v) is 10.1. The Morgan fingerprint density at radius 3 is 2.26 bits per heavy atom. The van der Waals surface area contributed by atoms with Crippen molar-refractivity contribution in [3.63, 3.8) is 0 Å². The number of carbonyl (C=O) groups is 1. The van der Waals surface area contributed by atoms with Crippen molar-refractivity contribution in [2.45, 2.75) is 6.42 Å². The zero-order chi connectivity index (χ0) is 13.8. The molecule has 0 heterocycles. The van der Waals surface area contributed by atoms with Gasteiger partial charge in [-0.05, 0) is 11.6 Å². The first-order valence-electron chi connectivity index (χ1n) is 5.69. The molecule has 0 fully saturated rings. The van der Waals surface area contributed by atoms with E-state index in [4.69, 9.17) is 5.73 Å². The predicted molar refractivity (Wildman–Crippen MR) is 70.9 cm³/mol. The highest BCUT2D eigenvalue weighted by atomic mass is 16.6. The van der Waals surface area contributed by atoms with Crippen LogP contribution < -0.4 is 5.73 Å². The van der Waals surface area contributed by atoms with Crippen LogP contribution in [0.15, 0.2) is 48.5 Å². The minimum Gasteiger partial charge on any atom is -0.366 e. The standard InChI is InChI=1S/C14H12N2O3/c15-14(17)12-7-3-1-5-10(12)9-11-6-2-4-8-13(11)16(18)19/h1-8H,9H2,(H2,15,17). The first-order chi connectivity index (χ1) is 9.09. The fourth-order valence-corrected chi connectivity index (χ4v) is 1.96. The van der Waals surface area contributed by atoms with E-state index in [9.17, 15) is 14.9 Å². The third kappa shape index (κ3) is 2.77. The van der Waals surface area contributed by atoms with E-state index in [1.54, 1.807) is 42.5 Å². The lowest BCUT2D eigenvalue weighted by atomic mass is 9.98. The van der Waals surface area contributed by atoms with Crippen molar-refractivity contribution < 1.29 is 9.72 Å². The topological polar surface area (TPSA) is 86.2 Å². The monoisotopic (exact) mass is 256 g/mol. The highest BCUT2D eigenvalue weighted by Crippen LogP contribution is 2.22. The largest absolute Gasteiger partial charge is 0.366 e. The molecule has 0 radical (unpaired) electrons. The van der Waals surface area contributed by atoms with Gasteiger partial charge in [0.15, 0.2) is 0 Å². The average molecular weight is 256 g/mol. The zero-order valence-electron chi connectivity index (χ0n) is 10.1. The third-order valence-electron chi connectivity index (χ3n) is 2.85. The summed E-state index contributed by atoms with van der Waals surface area (Å²) < 4.78 is 0. The van der Waals surface area contributed by atoms with Crippen molar-refractivity contribution in [3.05, 3.63) is 75.3 Å². The maximum Gasteiger partial charge on any atom is 0.272 e. The summed E-state index contributed by atoms with van der Waals surface area (Å²) in [5, 5.41) is 10.9. The molecule has 0 aliphatic heterocycles. The minimum atomic E-state index is -0.533. The van der Waals surface area contributed by atoms with E-state index < -0.39 is 10.8 Å². The summed E-state index contributed by atoms with van der Waals surface area (Å²) in [6.07, 6.45) is 0.302. The SMILES string of the molecule is NC(=O)c1ccccc1Cc1ccccc1[N+](=O)[O-]. The van der Waals surface area contributed by atoms with E-state index in [1.165, 1.54) is 6.07 Å². The van der Waals surface area contributed by atoms with Crippen LogP contribution in [0.4, 0.5) is 5.69 Å². The molecule has 1 amide bonds. The Morgan fingerprint density at radius 1 is 1.05 bits per heavy atom. The van der Waals surface area contributed by atoms with Crippen LogP contribution in [0.1, 0.15) is 21.5 Å². The van der Waals surface area contributed by atoms with E-state index >= 15 is 0 Å².